The summed E-state index contributed by atoms with van der Waals surface area (Å²) in [4.78, 5) is 24.3. The molecule has 0 aliphatic heterocycles. The van der Waals surface area contributed by atoms with Crippen LogP contribution in [0.1, 0.15) is 72.6 Å². The summed E-state index contributed by atoms with van der Waals surface area (Å²) in [5, 5.41) is 15.8. The fourth-order valence-corrected chi connectivity index (χ4v) is 2.88. The van der Waals surface area contributed by atoms with Gasteiger partial charge in [0.2, 0.25) is 11.8 Å². The lowest BCUT2D eigenvalue weighted by Gasteiger charge is -2.26. The molecule has 5 heteroatoms. The zero-order valence-electron chi connectivity index (χ0n) is 15.2. The molecule has 0 saturated heterocycles. The molecule has 0 heterocycles. The summed E-state index contributed by atoms with van der Waals surface area (Å²) < 4.78 is 0. The maximum Gasteiger partial charge on any atom is 0.242 e. The molecule has 1 rings (SSSR count). The fourth-order valence-electron chi connectivity index (χ4n) is 2.88. The van der Waals surface area contributed by atoms with Crippen molar-refractivity contribution in [1.29, 1.82) is 0 Å². The van der Waals surface area contributed by atoms with Crippen molar-refractivity contribution in [3.05, 3.63) is 0 Å². The van der Waals surface area contributed by atoms with E-state index < -0.39 is 11.6 Å². The Hall–Kier alpha value is -1.10. The number of carbonyl (C=O) groups excluding carboxylic acids is 2. The predicted octanol–water partition coefficient (Wildman–Crippen LogP) is 2.37. The Morgan fingerprint density at radius 1 is 1.17 bits per heavy atom. The minimum absolute atomic E-state index is 0.0149. The molecule has 1 aliphatic rings. The molecule has 0 spiro atoms. The maximum atomic E-state index is 12.2. The number of rotatable bonds is 8. The largest absolute Gasteiger partial charge is 0.388 e. The van der Waals surface area contributed by atoms with Gasteiger partial charge in [0.05, 0.1) is 5.60 Å². The lowest BCUT2D eigenvalue weighted by Crippen LogP contribution is -2.50. The van der Waals surface area contributed by atoms with Crippen molar-refractivity contribution < 1.29 is 14.7 Å². The highest BCUT2D eigenvalue weighted by Crippen LogP contribution is 2.23. The highest BCUT2D eigenvalue weighted by atomic mass is 16.3. The fraction of sp³-hybridized carbons (Fsp3) is 0.889. The van der Waals surface area contributed by atoms with Gasteiger partial charge in [0.1, 0.15) is 6.04 Å². The van der Waals surface area contributed by atoms with Gasteiger partial charge in [-0.2, -0.15) is 0 Å². The summed E-state index contributed by atoms with van der Waals surface area (Å²) in [5.41, 5.74) is -0.910. The van der Waals surface area contributed by atoms with Gasteiger partial charge in [-0.05, 0) is 45.4 Å². The number of nitrogens with one attached hydrogen (secondary N) is 2. The third-order valence-corrected chi connectivity index (χ3v) is 4.63. The molecule has 0 aromatic carbocycles. The lowest BCUT2D eigenvalue weighted by molar-refractivity contribution is -0.131. The van der Waals surface area contributed by atoms with Gasteiger partial charge < -0.3 is 15.7 Å². The second-order valence-corrected chi connectivity index (χ2v) is 7.71. The van der Waals surface area contributed by atoms with Crippen LogP contribution in [0.15, 0.2) is 0 Å². The molecule has 1 saturated carbocycles. The van der Waals surface area contributed by atoms with Gasteiger partial charge in [-0.3, -0.25) is 9.59 Å². The van der Waals surface area contributed by atoms with Crippen LogP contribution in [0.5, 0.6) is 0 Å². The Morgan fingerprint density at radius 2 is 1.78 bits per heavy atom. The van der Waals surface area contributed by atoms with Crippen molar-refractivity contribution in [2.45, 2.75) is 84.3 Å². The van der Waals surface area contributed by atoms with Crippen LogP contribution in [-0.4, -0.2) is 35.1 Å². The molecule has 3 N–H and O–H groups in total. The Balaban J connectivity index is 2.34. The third kappa shape index (κ3) is 7.82. The van der Waals surface area contributed by atoms with Crippen LogP contribution in [-0.2, 0) is 9.59 Å². The van der Waals surface area contributed by atoms with Crippen molar-refractivity contribution in [1.82, 2.24) is 10.6 Å². The quantitative estimate of drug-likeness (QED) is 0.641. The molecular formula is C18H34N2O3. The van der Waals surface area contributed by atoms with Crippen LogP contribution in [0.2, 0.25) is 0 Å². The normalized spacial score (nSPS) is 19.9. The van der Waals surface area contributed by atoms with Crippen LogP contribution < -0.4 is 10.6 Å². The molecule has 2 unspecified atom stereocenters. The van der Waals surface area contributed by atoms with Crippen molar-refractivity contribution in [3.63, 3.8) is 0 Å². The number of carbonyl (C=O) groups is 2. The summed E-state index contributed by atoms with van der Waals surface area (Å²) in [6.45, 7) is 7.86. The predicted molar refractivity (Wildman–Crippen MR) is 91.9 cm³/mol. The minimum atomic E-state index is -0.910. The lowest BCUT2D eigenvalue weighted by atomic mass is 9.88. The van der Waals surface area contributed by atoms with Crippen LogP contribution >= 0.6 is 0 Å². The molecule has 134 valence electrons. The van der Waals surface area contributed by atoms with Gasteiger partial charge in [-0.1, -0.05) is 33.1 Å². The number of aliphatic hydroxyl groups is 1. The summed E-state index contributed by atoms with van der Waals surface area (Å²) in [6, 6.07) is -0.565. The first kappa shape index (κ1) is 19.9. The molecule has 0 bridgehead atoms. The van der Waals surface area contributed by atoms with Gasteiger partial charge in [-0.25, -0.2) is 0 Å². The molecule has 0 radical (unpaired) electrons. The molecule has 23 heavy (non-hydrogen) atoms. The van der Waals surface area contributed by atoms with Crippen molar-refractivity contribution >= 4 is 11.8 Å². The molecule has 2 atom stereocenters. The van der Waals surface area contributed by atoms with Crippen LogP contribution in [0, 0.1) is 11.8 Å². The SMILES string of the molecule is CC(C)CCC(C)(O)CNC(=O)C(C)NC(=O)C1CCCCC1. The average molecular weight is 326 g/mol. The van der Waals surface area contributed by atoms with E-state index >= 15 is 0 Å². The molecular weight excluding hydrogens is 292 g/mol. The van der Waals surface area contributed by atoms with Gasteiger partial charge in [0, 0.05) is 12.5 Å². The Morgan fingerprint density at radius 3 is 2.35 bits per heavy atom. The summed E-state index contributed by atoms with van der Waals surface area (Å²) in [7, 11) is 0. The number of hydrogen-bond donors (Lipinski definition) is 3. The first-order chi connectivity index (χ1) is 10.7. The third-order valence-electron chi connectivity index (χ3n) is 4.63. The summed E-state index contributed by atoms with van der Waals surface area (Å²) >= 11 is 0. The molecule has 5 nitrogen and oxygen atoms in total. The van der Waals surface area contributed by atoms with Gasteiger partial charge in [0.25, 0.3) is 0 Å². The van der Waals surface area contributed by atoms with E-state index in [1.165, 1.54) is 6.42 Å². The molecule has 2 amide bonds. The van der Waals surface area contributed by atoms with Gasteiger partial charge in [-0.15, -0.1) is 0 Å². The molecule has 1 aliphatic carbocycles. The highest BCUT2D eigenvalue weighted by Gasteiger charge is 2.26. The van der Waals surface area contributed by atoms with Crippen molar-refractivity contribution in [2.24, 2.45) is 11.8 Å². The monoisotopic (exact) mass is 326 g/mol. The smallest absolute Gasteiger partial charge is 0.242 e. The number of amides is 2. The standard InChI is InChI=1S/C18H34N2O3/c1-13(2)10-11-18(4,23)12-19-16(21)14(3)20-17(22)15-8-6-5-7-9-15/h13-15,23H,5-12H2,1-4H3,(H,19,21)(H,20,22). The second kappa shape index (κ2) is 9.26. The van der Waals surface area contributed by atoms with E-state index in [1.54, 1.807) is 13.8 Å². The van der Waals surface area contributed by atoms with Crippen LogP contribution in [0.3, 0.4) is 0 Å². The van der Waals surface area contributed by atoms with Crippen LogP contribution in [0.4, 0.5) is 0 Å². The first-order valence-corrected chi connectivity index (χ1v) is 9.02. The van der Waals surface area contributed by atoms with E-state index in [0.29, 0.717) is 12.3 Å². The highest BCUT2D eigenvalue weighted by molar-refractivity contribution is 5.88. The van der Waals surface area contributed by atoms with E-state index in [2.05, 4.69) is 24.5 Å². The summed E-state index contributed by atoms with van der Waals surface area (Å²) in [6.07, 6.45) is 6.79. The molecule has 0 aromatic rings. The Labute approximate surface area is 140 Å². The minimum Gasteiger partial charge on any atom is -0.388 e. The topological polar surface area (TPSA) is 78.4 Å². The van der Waals surface area contributed by atoms with E-state index in [9.17, 15) is 14.7 Å². The first-order valence-electron chi connectivity index (χ1n) is 9.02. The Kier molecular flexibility index (Phi) is 8.03. The van der Waals surface area contributed by atoms with Crippen molar-refractivity contribution in [3.8, 4) is 0 Å². The van der Waals surface area contributed by atoms with Crippen molar-refractivity contribution in [2.75, 3.05) is 6.54 Å². The van der Waals surface area contributed by atoms with E-state index in [4.69, 9.17) is 0 Å². The maximum absolute atomic E-state index is 12.2. The van der Waals surface area contributed by atoms with Crippen LogP contribution in [0.25, 0.3) is 0 Å². The molecule has 1 fully saturated rings. The zero-order valence-corrected chi connectivity index (χ0v) is 15.2. The average Bonchev–Trinajstić information content (AvgIpc) is 2.51. The van der Waals surface area contributed by atoms with E-state index in [1.807, 2.05) is 0 Å². The zero-order chi connectivity index (χ0) is 17.5. The van der Waals surface area contributed by atoms with E-state index in [0.717, 1.165) is 32.1 Å². The molecule has 0 aromatic heterocycles. The van der Waals surface area contributed by atoms with E-state index in [-0.39, 0.29) is 24.3 Å². The number of hydrogen-bond acceptors (Lipinski definition) is 3. The Bertz CT molecular complexity index is 388. The van der Waals surface area contributed by atoms with Gasteiger partial charge in [0.15, 0.2) is 0 Å². The van der Waals surface area contributed by atoms with Gasteiger partial charge >= 0.3 is 0 Å². The second-order valence-electron chi connectivity index (χ2n) is 7.71. The summed E-state index contributed by atoms with van der Waals surface area (Å²) in [5.74, 6) is 0.317.